The molecule has 1 atom stereocenters. The largest absolute Gasteiger partial charge is 0.401 e. The van der Waals surface area contributed by atoms with Crippen LogP contribution in [0.4, 0.5) is 5.69 Å². The van der Waals surface area contributed by atoms with E-state index in [4.69, 9.17) is 11.6 Å². The third-order valence-electron chi connectivity index (χ3n) is 6.33. The Hall–Kier alpha value is -3.22. The lowest BCUT2D eigenvalue weighted by molar-refractivity contribution is 0.402. The van der Waals surface area contributed by atoms with Gasteiger partial charge >= 0.3 is 0 Å². The molecule has 31 heavy (non-hydrogen) atoms. The summed E-state index contributed by atoms with van der Waals surface area (Å²) < 4.78 is 0. The van der Waals surface area contributed by atoms with Gasteiger partial charge in [-0.15, -0.1) is 0 Å². The van der Waals surface area contributed by atoms with Crippen molar-refractivity contribution in [3.8, 4) is 0 Å². The molecular weight excluding hydrogens is 384 g/mol. The number of H-pyrrole nitrogens is 1. The van der Waals surface area contributed by atoms with Crippen molar-refractivity contribution in [3.05, 3.63) is 77.1 Å². The molecule has 0 aliphatic carbocycles. The fourth-order valence-electron chi connectivity index (χ4n) is 4.77. The quantitative estimate of drug-likeness (QED) is 0.419. The fraction of sp³-hybridized carbons (Fsp3) is 0.280. The summed E-state index contributed by atoms with van der Waals surface area (Å²) in [5, 5.41) is 10.2. The zero-order valence-electron chi connectivity index (χ0n) is 17.9. The van der Waals surface area contributed by atoms with Crippen LogP contribution >= 0.6 is 0 Å². The minimum absolute atomic E-state index is 0.136. The van der Waals surface area contributed by atoms with E-state index >= 15 is 0 Å². The zero-order chi connectivity index (χ0) is 21.4. The van der Waals surface area contributed by atoms with Crippen molar-refractivity contribution in [1.82, 2.24) is 15.3 Å². The van der Waals surface area contributed by atoms with E-state index in [9.17, 15) is 0 Å². The number of anilines is 1. The highest BCUT2D eigenvalue weighted by Crippen LogP contribution is 2.37. The molecule has 0 amide bonds. The van der Waals surface area contributed by atoms with Gasteiger partial charge in [-0.25, -0.2) is 5.84 Å². The lowest BCUT2D eigenvalue weighted by atomic mass is 9.91. The first-order valence-electron chi connectivity index (χ1n) is 11.0. The summed E-state index contributed by atoms with van der Waals surface area (Å²) in [6.45, 7) is 4.60. The molecule has 6 heteroatoms. The lowest BCUT2D eigenvalue weighted by Gasteiger charge is -2.23. The molecule has 0 saturated carbocycles. The predicted octanol–water partition coefficient (Wildman–Crippen LogP) is 3.92. The van der Waals surface area contributed by atoms with Gasteiger partial charge in [0, 0.05) is 47.1 Å². The van der Waals surface area contributed by atoms with Gasteiger partial charge in [0.05, 0.1) is 11.7 Å². The lowest BCUT2D eigenvalue weighted by Crippen LogP contribution is -2.31. The van der Waals surface area contributed by atoms with Gasteiger partial charge in [-0.05, 0) is 73.3 Å². The second kappa shape index (κ2) is 8.13. The Morgan fingerprint density at radius 1 is 1.16 bits per heavy atom. The van der Waals surface area contributed by atoms with E-state index in [-0.39, 0.29) is 6.04 Å². The number of aromatic nitrogens is 1. The highest BCUT2D eigenvalue weighted by atomic mass is 15.4. The number of hydrogen-bond acceptors (Lipinski definition) is 5. The van der Waals surface area contributed by atoms with E-state index < -0.39 is 0 Å². The first-order valence-corrected chi connectivity index (χ1v) is 11.0. The molecule has 0 spiro atoms. The molecule has 0 fully saturated rings. The van der Waals surface area contributed by atoms with Gasteiger partial charge in [0.25, 0.3) is 0 Å². The summed E-state index contributed by atoms with van der Waals surface area (Å²) >= 11 is 0. The van der Waals surface area contributed by atoms with Crippen molar-refractivity contribution >= 4 is 27.9 Å². The van der Waals surface area contributed by atoms with E-state index in [0.29, 0.717) is 0 Å². The van der Waals surface area contributed by atoms with E-state index in [2.05, 4.69) is 64.2 Å². The molecule has 1 unspecified atom stereocenters. The Kier molecular flexibility index (Phi) is 5.18. The van der Waals surface area contributed by atoms with E-state index in [1.54, 1.807) is 5.01 Å². The second-order valence-corrected chi connectivity index (χ2v) is 8.48. The number of hydrogen-bond donors (Lipinski definition) is 5. The molecular formula is C25H30N6. The van der Waals surface area contributed by atoms with E-state index in [1.807, 2.05) is 13.1 Å². The average Bonchev–Trinajstić information content (AvgIpc) is 3.20. The third kappa shape index (κ3) is 3.80. The molecule has 7 N–H and O–H groups in total. The Balaban J connectivity index is 1.58. The Morgan fingerprint density at radius 3 is 2.87 bits per heavy atom. The molecule has 3 aromatic rings. The molecule has 0 bridgehead atoms. The molecule has 2 aliphatic rings. The second-order valence-electron chi connectivity index (χ2n) is 8.48. The molecule has 6 nitrogen and oxygen atoms in total. The highest BCUT2D eigenvalue weighted by Gasteiger charge is 2.26. The van der Waals surface area contributed by atoms with Crippen molar-refractivity contribution in [1.29, 1.82) is 0 Å². The molecule has 160 valence electrons. The average molecular weight is 415 g/mol. The van der Waals surface area contributed by atoms with Crippen LogP contribution < -0.4 is 22.2 Å². The molecule has 2 aromatic carbocycles. The number of aromatic amines is 1. The van der Waals surface area contributed by atoms with Crippen molar-refractivity contribution in [2.45, 2.75) is 25.8 Å². The van der Waals surface area contributed by atoms with Gasteiger partial charge in [-0.3, -0.25) is 0 Å². The van der Waals surface area contributed by atoms with Gasteiger partial charge in [0.2, 0.25) is 0 Å². The summed E-state index contributed by atoms with van der Waals surface area (Å²) in [5.41, 5.74) is 15.2. The number of nitrogens with one attached hydrogen (secondary N) is 3. The number of fused-ring (bicyclic) bond motifs is 2. The van der Waals surface area contributed by atoms with Gasteiger partial charge in [-0.1, -0.05) is 18.2 Å². The Morgan fingerprint density at radius 2 is 2.06 bits per heavy atom. The number of allylic oxidation sites excluding steroid dienone is 1. The summed E-state index contributed by atoms with van der Waals surface area (Å²) in [5.74, 6) is 6.44. The maximum absolute atomic E-state index is 6.44. The minimum Gasteiger partial charge on any atom is -0.401 e. The molecule has 2 aliphatic heterocycles. The minimum atomic E-state index is 0.136. The van der Waals surface area contributed by atoms with Crippen LogP contribution in [0.3, 0.4) is 0 Å². The smallest absolute Gasteiger partial charge is 0.0777 e. The standard InChI is InChI=1S/C25H30N6/c1-16(26)25-21-4-2-18(17-6-10-28-11-7-17)15-22(21)24(9-13-31(25)27)30-20-3-5-23-19(14-20)8-12-29-23/h2-6,8,12,14-15,24,28-30H,7,9-11,13,26-27H2,1H3/b25-16-. The van der Waals surface area contributed by atoms with Crippen LogP contribution in [-0.2, 0) is 0 Å². The first-order chi connectivity index (χ1) is 15.1. The van der Waals surface area contributed by atoms with Crippen LogP contribution in [-0.4, -0.2) is 29.6 Å². The summed E-state index contributed by atoms with van der Waals surface area (Å²) in [7, 11) is 0. The van der Waals surface area contributed by atoms with Crippen molar-refractivity contribution in [2.75, 3.05) is 25.0 Å². The van der Waals surface area contributed by atoms with Crippen molar-refractivity contribution in [2.24, 2.45) is 11.6 Å². The topological polar surface area (TPSA) is 95.1 Å². The number of nitrogens with zero attached hydrogens (tertiary/aromatic N) is 1. The van der Waals surface area contributed by atoms with Crippen LogP contribution in [0.5, 0.6) is 0 Å². The predicted molar refractivity (Wildman–Crippen MR) is 129 cm³/mol. The van der Waals surface area contributed by atoms with Gasteiger partial charge in [-0.2, -0.15) is 0 Å². The molecule has 5 rings (SSSR count). The van der Waals surface area contributed by atoms with Crippen LogP contribution in [0.25, 0.3) is 22.2 Å². The molecule has 3 heterocycles. The fourth-order valence-corrected chi connectivity index (χ4v) is 4.77. The van der Waals surface area contributed by atoms with Gasteiger partial charge in [0.15, 0.2) is 0 Å². The summed E-state index contributed by atoms with van der Waals surface area (Å²) in [4.78, 5) is 3.26. The third-order valence-corrected chi connectivity index (χ3v) is 6.33. The van der Waals surface area contributed by atoms with Crippen molar-refractivity contribution in [3.63, 3.8) is 0 Å². The van der Waals surface area contributed by atoms with E-state index in [0.717, 1.165) is 60.6 Å². The summed E-state index contributed by atoms with van der Waals surface area (Å²) in [6.07, 6.45) is 6.20. The molecule has 0 saturated heterocycles. The van der Waals surface area contributed by atoms with Crippen LogP contribution in [0.15, 0.2) is 60.4 Å². The Bertz CT molecular complexity index is 1170. The van der Waals surface area contributed by atoms with Crippen molar-refractivity contribution < 1.29 is 0 Å². The maximum Gasteiger partial charge on any atom is 0.0777 e. The maximum atomic E-state index is 6.44. The van der Waals surface area contributed by atoms with Crippen LogP contribution in [0, 0.1) is 0 Å². The van der Waals surface area contributed by atoms with Crippen LogP contribution in [0.1, 0.15) is 42.5 Å². The Labute approximate surface area is 183 Å². The normalized spacial score (nSPS) is 20.8. The number of hydrazine groups is 1. The highest BCUT2D eigenvalue weighted by molar-refractivity contribution is 5.83. The number of nitrogens with two attached hydrogens (primary N) is 2. The number of benzene rings is 2. The molecule has 1 aromatic heterocycles. The molecule has 0 radical (unpaired) electrons. The van der Waals surface area contributed by atoms with E-state index in [1.165, 1.54) is 22.1 Å². The number of rotatable bonds is 3. The van der Waals surface area contributed by atoms with Gasteiger partial charge < -0.3 is 26.4 Å². The first kappa shape index (κ1) is 19.7. The summed E-state index contributed by atoms with van der Waals surface area (Å²) in [6, 6.07) is 15.4. The van der Waals surface area contributed by atoms with Gasteiger partial charge in [0.1, 0.15) is 0 Å². The zero-order valence-corrected chi connectivity index (χ0v) is 17.9. The monoisotopic (exact) mass is 414 g/mol. The SMILES string of the molecule is C/C(N)=C1\c2ccc(C3=CCNCC3)cc2C(Nc2ccc3[nH]ccc3c2)CCN1N. The van der Waals surface area contributed by atoms with Crippen LogP contribution in [0.2, 0.25) is 0 Å².